The topological polar surface area (TPSA) is 205 Å². The summed E-state index contributed by atoms with van der Waals surface area (Å²) < 4.78 is 4.99. The standard InChI is InChI=1S/C17H20ClNO3S.C11H19N3O6/c1-22-17(21)16(13-5-3-4-6-14(13)18)19-9-7-15(23-2)12(11-19)8-10-20;1-2-7(10(18)13-5-9(16)17)14-8(15)4-3-6(12)11(19)20/h3-6,8,10,15-16H,7,9,11H2,1-2H3;6-7H,2-5,12H2,1H3,(H,13,18)(H,14,15)(H,16,17)(H,19,20)/b12-8-;. The number of aliphatic carboxylic acids is 2. The first-order valence-electron chi connectivity index (χ1n) is 13.4. The van der Waals surface area contributed by atoms with Crippen LogP contribution in [0.2, 0.25) is 5.02 Å². The Labute approximate surface area is 259 Å². The van der Waals surface area contributed by atoms with E-state index in [0.717, 1.165) is 30.4 Å². The van der Waals surface area contributed by atoms with Gasteiger partial charge in [-0.15, -0.1) is 0 Å². The number of methoxy groups -OCH3 is 1. The van der Waals surface area contributed by atoms with E-state index in [4.69, 9.17) is 32.3 Å². The number of halogens is 1. The second kappa shape index (κ2) is 19.7. The average Bonchev–Trinajstić information content (AvgIpc) is 2.98. The van der Waals surface area contributed by atoms with Crippen molar-refractivity contribution in [1.82, 2.24) is 15.5 Å². The molecule has 1 heterocycles. The number of carbonyl (C=O) groups excluding carboxylic acids is 4. The first-order chi connectivity index (χ1) is 20.4. The first-order valence-corrected chi connectivity index (χ1v) is 15.1. The van der Waals surface area contributed by atoms with Crippen molar-refractivity contribution >= 4 is 59.4 Å². The third-order valence-electron chi connectivity index (χ3n) is 6.51. The Morgan fingerprint density at radius 2 is 1.91 bits per heavy atom. The van der Waals surface area contributed by atoms with Gasteiger partial charge in [0.2, 0.25) is 11.8 Å². The molecule has 0 aromatic heterocycles. The molecule has 0 aliphatic carbocycles. The third kappa shape index (κ3) is 12.7. The summed E-state index contributed by atoms with van der Waals surface area (Å²) in [5.74, 6) is -3.85. The number of carboxylic acid groups (broad SMARTS) is 2. The van der Waals surface area contributed by atoms with Crippen LogP contribution in [0.15, 0.2) is 35.9 Å². The highest BCUT2D eigenvalue weighted by Gasteiger charge is 2.34. The molecular weight excluding hydrogens is 604 g/mol. The number of hydrogen-bond donors (Lipinski definition) is 5. The van der Waals surface area contributed by atoms with Crippen LogP contribution in [-0.4, -0.2) is 101 Å². The summed E-state index contributed by atoms with van der Waals surface area (Å²) in [6.45, 7) is 2.41. The number of likely N-dealkylation sites (tertiary alicyclic amines) is 1. The minimum Gasteiger partial charge on any atom is -0.480 e. The molecule has 0 bridgehead atoms. The van der Waals surface area contributed by atoms with Gasteiger partial charge in [0.1, 0.15) is 31.0 Å². The zero-order chi connectivity index (χ0) is 32.5. The molecule has 1 saturated heterocycles. The summed E-state index contributed by atoms with van der Waals surface area (Å²) in [7, 11) is 1.38. The monoisotopic (exact) mass is 642 g/mol. The molecule has 0 saturated carbocycles. The maximum atomic E-state index is 12.4. The lowest BCUT2D eigenvalue weighted by molar-refractivity contribution is -0.147. The normalized spacial score (nSPS) is 17.8. The number of rotatable bonds is 14. The minimum atomic E-state index is -1.20. The van der Waals surface area contributed by atoms with Crippen molar-refractivity contribution in [3.8, 4) is 0 Å². The number of amides is 2. The highest BCUT2D eigenvalue weighted by Crippen LogP contribution is 2.34. The molecule has 1 aromatic carbocycles. The number of ether oxygens (including phenoxy) is 1. The lowest BCUT2D eigenvalue weighted by Crippen LogP contribution is -2.47. The van der Waals surface area contributed by atoms with Crippen LogP contribution < -0.4 is 16.4 Å². The summed E-state index contributed by atoms with van der Waals surface area (Å²) >= 11 is 8.01. The SMILES string of the molecule is CCC(NC(=O)CCC(N)C(=O)O)C(=O)NCC(=O)O.COC(=O)C(c1ccccc1Cl)N1CCC(SC)/C(=C\C=O)C1. The van der Waals surface area contributed by atoms with E-state index >= 15 is 0 Å². The number of esters is 1. The van der Waals surface area contributed by atoms with Gasteiger partial charge in [-0.25, -0.2) is 4.79 Å². The van der Waals surface area contributed by atoms with Gasteiger partial charge in [0.15, 0.2) is 0 Å². The van der Waals surface area contributed by atoms with Gasteiger partial charge in [0.25, 0.3) is 0 Å². The van der Waals surface area contributed by atoms with E-state index < -0.39 is 48.4 Å². The summed E-state index contributed by atoms with van der Waals surface area (Å²) in [5, 5.41) is 22.4. The number of nitrogens with two attached hydrogens (primary N) is 1. The first kappa shape index (κ1) is 37.6. The second-order valence-corrected chi connectivity index (χ2v) is 10.9. The largest absolute Gasteiger partial charge is 0.480 e. The lowest BCUT2D eigenvalue weighted by atomic mass is 9.98. The number of benzene rings is 1. The number of nitrogens with one attached hydrogen (secondary N) is 2. The van der Waals surface area contributed by atoms with Gasteiger partial charge >= 0.3 is 17.9 Å². The van der Waals surface area contributed by atoms with Crippen LogP contribution in [0.4, 0.5) is 0 Å². The summed E-state index contributed by atoms with van der Waals surface area (Å²) in [6.07, 6.45) is 5.43. The fourth-order valence-corrected chi connectivity index (χ4v) is 5.25. The van der Waals surface area contributed by atoms with E-state index in [1.807, 2.05) is 29.4 Å². The number of allylic oxidation sites excluding steroid dienone is 1. The van der Waals surface area contributed by atoms with Crippen LogP contribution in [0.25, 0.3) is 0 Å². The van der Waals surface area contributed by atoms with Crippen molar-refractivity contribution in [1.29, 1.82) is 0 Å². The van der Waals surface area contributed by atoms with Crippen molar-refractivity contribution in [2.45, 2.75) is 56.0 Å². The third-order valence-corrected chi connectivity index (χ3v) is 7.96. The van der Waals surface area contributed by atoms with Crippen molar-refractivity contribution in [3.05, 3.63) is 46.5 Å². The highest BCUT2D eigenvalue weighted by atomic mass is 35.5. The minimum absolute atomic E-state index is 0.0473. The molecule has 4 atom stereocenters. The van der Waals surface area contributed by atoms with Gasteiger partial charge in [-0.3, -0.25) is 28.9 Å². The molecule has 43 heavy (non-hydrogen) atoms. The van der Waals surface area contributed by atoms with Crippen LogP contribution in [0.3, 0.4) is 0 Å². The number of nitrogens with zero attached hydrogens (tertiary/aromatic N) is 1. The number of thioether (sulfide) groups is 1. The average molecular weight is 643 g/mol. The summed E-state index contributed by atoms with van der Waals surface area (Å²) in [4.78, 5) is 69.2. The molecular formula is C28H39ClN4O9S. The fourth-order valence-electron chi connectivity index (χ4n) is 4.22. The van der Waals surface area contributed by atoms with Gasteiger partial charge < -0.3 is 31.3 Å². The Bertz CT molecular complexity index is 1170. The molecule has 15 heteroatoms. The van der Waals surface area contributed by atoms with Crippen LogP contribution in [0.5, 0.6) is 0 Å². The predicted molar refractivity (Wildman–Crippen MR) is 162 cm³/mol. The Balaban J connectivity index is 0.000000436. The zero-order valence-electron chi connectivity index (χ0n) is 24.3. The number of piperidine rings is 1. The summed E-state index contributed by atoms with van der Waals surface area (Å²) in [6, 6.07) is 4.74. The van der Waals surface area contributed by atoms with E-state index in [2.05, 4.69) is 10.6 Å². The van der Waals surface area contributed by atoms with Crippen LogP contribution in [0.1, 0.15) is 44.2 Å². The molecule has 1 aliphatic heterocycles. The Kier molecular flexibility index (Phi) is 17.2. The van der Waals surface area contributed by atoms with Gasteiger partial charge in [-0.1, -0.05) is 36.7 Å². The second-order valence-electron chi connectivity index (χ2n) is 9.43. The molecule has 1 aliphatic rings. The summed E-state index contributed by atoms with van der Waals surface area (Å²) in [5.41, 5.74) is 7.00. The van der Waals surface area contributed by atoms with E-state index in [1.54, 1.807) is 30.8 Å². The Morgan fingerprint density at radius 1 is 1.23 bits per heavy atom. The van der Waals surface area contributed by atoms with E-state index in [9.17, 15) is 28.8 Å². The van der Waals surface area contributed by atoms with Crippen molar-refractivity contribution < 1.29 is 43.7 Å². The van der Waals surface area contributed by atoms with Crippen molar-refractivity contribution in [2.24, 2.45) is 5.73 Å². The Morgan fingerprint density at radius 3 is 2.44 bits per heavy atom. The number of hydrogen-bond acceptors (Lipinski definition) is 10. The van der Waals surface area contributed by atoms with E-state index in [1.165, 1.54) is 7.11 Å². The van der Waals surface area contributed by atoms with E-state index in [-0.39, 0.29) is 25.2 Å². The van der Waals surface area contributed by atoms with Crippen LogP contribution >= 0.6 is 23.4 Å². The molecule has 6 N–H and O–H groups in total. The van der Waals surface area contributed by atoms with Crippen molar-refractivity contribution in [2.75, 3.05) is 33.0 Å². The fraction of sp³-hybridized carbons (Fsp3) is 0.500. The van der Waals surface area contributed by atoms with Gasteiger partial charge in [0, 0.05) is 29.8 Å². The molecule has 2 amide bonds. The number of carboxylic acids is 2. The molecule has 238 valence electrons. The smallest absolute Gasteiger partial charge is 0.327 e. The molecule has 1 aromatic rings. The van der Waals surface area contributed by atoms with E-state index in [0.29, 0.717) is 16.8 Å². The van der Waals surface area contributed by atoms with Crippen LogP contribution in [-0.2, 0) is 33.5 Å². The Hall–Kier alpha value is -3.46. The maximum absolute atomic E-state index is 12.4. The van der Waals surface area contributed by atoms with Crippen LogP contribution in [0, 0.1) is 0 Å². The maximum Gasteiger partial charge on any atom is 0.327 e. The highest BCUT2D eigenvalue weighted by molar-refractivity contribution is 7.99. The molecule has 4 unspecified atom stereocenters. The quantitative estimate of drug-likeness (QED) is 0.111. The molecule has 13 nitrogen and oxygen atoms in total. The zero-order valence-corrected chi connectivity index (χ0v) is 25.9. The van der Waals surface area contributed by atoms with Gasteiger partial charge in [-0.05, 0) is 48.8 Å². The lowest BCUT2D eigenvalue weighted by Gasteiger charge is -2.37. The predicted octanol–water partition coefficient (Wildman–Crippen LogP) is 1.39. The number of aldehydes is 1. The molecule has 0 spiro atoms. The molecule has 0 radical (unpaired) electrons. The number of carbonyl (C=O) groups is 6. The van der Waals surface area contributed by atoms with Gasteiger partial charge in [0.05, 0.1) is 7.11 Å². The van der Waals surface area contributed by atoms with Crippen molar-refractivity contribution in [3.63, 3.8) is 0 Å². The molecule has 2 rings (SSSR count). The molecule has 1 fully saturated rings. The van der Waals surface area contributed by atoms with Gasteiger partial charge in [-0.2, -0.15) is 11.8 Å².